The van der Waals surface area contributed by atoms with Crippen LogP contribution in [0.4, 0.5) is 18.0 Å². The lowest BCUT2D eigenvalue weighted by molar-refractivity contribution is -0.137. The van der Waals surface area contributed by atoms with Crippen molar-refractivity contribution in [2.75, 3.05) is 6.26 Å². The van der Waals surface area contributed by atoms with Gasteiger partial charge in [-0.25, -0.2) is 4.79 Å². The van der Waals surface area contributed by atoms with Crippen LogP contribution in [0.5, 0.6) is 0 Å². The molecular weight excluding hydrogens is 387 g/mol. The van der Waals surface area contributed by atoms with E-state index in [2.05, 4.69) is 0 Å². The standard InChI is InChI=1S/C17H20F3NO5S/c1-10(26-27(5,23)24)13-9-21(15(22)25-16(2,3)4)14-8-11(17(18,19)20)6-7-12(13)14/h6-10H,1-5H3. The molecular formula is C17H20F3NO5S. The molecule has 0 fully saturated rings. The number of nitrogens with zero attached hydrogens (tertiary/aromatic N) is 1. The SMILES string of the molecule is CC(OS(C)(=O)=O)c1cn(C(=O)OC(C)(C)C)c2cc(C(F)(F)F)ccc12. The molecule has 2 rings (SSSR count). The molecule has 0 bridgehead atoms. The molecule has 0 N–H and O–H groups in total. The molecule has 0 spiro atoms. The summed E-state index contributed by atoms with van der Waals surface area (Å²) in [6.07, 6.45) is -4.41. The van der Waals surface area contributed by atoms with Gasteiger partial charge in [0.15, 0.2) is 0 Å². The van der Waals surface area contributed by atoms with Gasteiger partial charge in [0.2, 0.25) is 0 Å². The van der Waals surface area contributed by atoms with Gasteiger partial charge in [-0.3, -0.25) is 8.75 Å². The highest BCUT2D eigenvalue weighted by molar-refractivity contribution is 7.86. The van der Waals surface area contributed by atoms with E-state index in [-0.39, 0.29) is 16.5 Å². The Morgan fingerprint density at radius 2 is 1.78 bits per heavy atom. The normalized spacial score (nSPS) is 14.4. The second-order valence-corrected chi connectivity index (χ2v) is 8.71. The zero-order valence-corrected chi connectivity index (χ0v) is 16.2. The number of benzene rings is 1. The Bertz CT molecular complexity index is 971. The van der Waals surface area contributed by atoms with E-state index in [9.17, 15) is 26.4 Å². The Morgan fingerprint density at radius 1 is 1.19 bits per heavy atom. The predicted molar refractivity (Wildman–Crippen MR) is 92.9 cm³/mol. The first-order valence-electron chi connectivity index (χ1n) is 7.92. The number of ether oxygens (including phenoxy) is 1. The minimum Gasteiger partial charge on any atom is -0.443 e. The first-order valence-corrected chi connectivity index (χ1v) is 9.74. The molecule has 1 unspecified atom stereocenters. The summed E-state index contributed by atoms with van der Waals surface area (Å²) >= 11 is 0. The molecule has 0 aliphatic rings. The van der Waals surface area contributed by atoms with Gasteiger partial charge in [0, 0.05) is 17.1 Å². The molecule has 150 valence electrons. The molecule has 2 aromatic rings. The average Bonchev–Trinajstić information content (AvgIpc) is 2.81. The lowest BCUT2D eigenvalue weighted by Crippen LogP contribution is -2.26. The van der Waals surface area contributed by atoms with E-state index in [1.807, 2.05) is 0 Å². The topological polar surface area (TPSA) is 74.6 Å². The van der Waals surface area contributed by atoms with Crippen LogP contribution in [0.1, 0.15) is 44.9 Å². The molecule has 1 heterocycles. The molecule has 0 radical (unpaired) electrons. The summed E-state index contributed by atoms with van der Waals surface area (Å²) < 4.78 is 73.1. The van der Waals surface area contributed by atoms with Crippen molar-refractivity contribution < 1.29 is 35.3 Å². The van der Waals surface area contributed by atoms with E-state index in [0.717, 1.165) is 23.0 Å². The van der Waals surface area contributed by atoms with Gasteiger partial charge >= 0.3 is 12.3 Å². The maximum absolute atomic E-state index is 13.1. The molecule has 6 nitrogen and oxygen atoms in total. The van der Waals surface area contributed by atoms with Gasteiger partial charge in [0.1, 0.15) is 11.7 Å². The zero-order chi connectivity index (χ0) is 20.8. The average molecular weight is 407 g/mol. The summed E-state index contributed by atoms with van der Waals surface area (Å²) in [6.45, 7) is 6.28. The predicted octanol–water partition coefficient (Wildman–Crippen LogP) is 4.48. The fourth-order valence-electron chi connectivity index (χ4n) is 2.53. The minimum atomic E-state index is -4.60. The zero-order valence-electron chi connectivity index (χ0n) is 15.4. The van der Waals surface area contributed by atoms with Gasteiger partial charge in [-0.05, 0) is 39.8 Å². The van der Waals surface area contributed by atoms with Crippen LogP contribution in [0.25, 0.3) is 10.9 Å². The number of hydrogen-bond donors (Lipinski definition) is 0. The number of fused-ring (bicyclic) bond motifs is 1. The van der Waals surface area contributed by atoms with Crippen LogP contribution in [-0.2, 0) is 25.2 Å². The lowest BCUT2D eigenvalue weighted by atomic mass is 10.1. The van der Waals surface area contributed by atoms with E-state index in [1.165, 1.54) is 19.2 Å². The van der Waals surface area contributed by atoms with E-state index < -0.39 is 39.7 Å². The van der Waals surface area contributed by atoms with Crippen molar-refractivity contribution in [3.05, 3.63) is 35.5 Å². The lowest BCUT2D eigenvalue weighted by Gasteiger charge is -2.20. The maximum Gasteiger partial charge on any atom is 0.419 e. The second-order valence-electron chi connectivity index (χ2n) is 7.11. The van der Waals surface area contributed by atoms with Gasteiger partial charge in [-0.2, -0.15) is 21.6 Å². The molecule has 1 atom stereocenters. The summed E-state index contributed by atoms with van der Waals surface area (Å²) in [5, 5.41) is 0.255. The number of alkyl halides is 3. The van der Waals surface area contributed by atoms with Gasteiger partial charge in [-0.1, -0.05) is 6.07 Å². The number of aromatic nitrogens is 1. The molecule has 0 amide bonds. The summed E-state index contributed by atoms with van der Waals surface area (Å²) in [4.78, 5) is 12.5. The molecule has 1 aromatic heterocycles. The Labute approximate surface area is 155 Å². The van der Waals surface area contributed by atoms with Crippen LogP contribution >= 0.6 is 0 Å². The van der Waals surface area contributed by atoms with Gasteiger partial charge in [0.25, 0.3) is 10.1 Å². The van der Waals surface area contributed by atoms with E-state index in [0.29, 0.717) is 0 Å². The third-order valence-electron chi connectivity index (χ3n) is 3.51. The van der Waals surface area contributed by atoms with E-state index >= 15 is 0 Å². The Morgan fingerprint density at radius 3 is 2.26 bits per heavy atom. The Kier molecular flexibility index (Phi) is 5.37. The molecule has 0 aliphatic carbocycles. The highest BCUT2D eigenvalue weighted by atomic mass is 32.2. The van der Waals surface area contributed by atoms with Crippen LogP contribution in [0, 0.1) is 0 Å². The highest BCUT2D eigenvalue weighted by Gasteiger charge is 2.32. The summed E-state index contributed by atoms with van der Waals surface area (Å²) in [5.41, 5.74) is -1.63. The first-order chi connectivity index (χ1) is 12.1. The summed E-state index contributed by atoms with van der Waals surface area (Å²) in [7, 11) is -3.82. The van der Waals surface area contributed by atoms with Crippen LogP contribution in [0.15, 0.2) is 24.4 Å². The maximum atomic E-state index is 13.1. The smallest absolute Gasteiger partial charge is 0.419 e. The summed E-state index contributed by atoms with van der Waals surface area (Å²) in [6, 6.07) is 2.85. The van der Waals surface area contributed by atoms with Crippen LogP contribution in [0.2, 0.25) is 0 Å². The van der Waals surface area contributed by atoms with E-state index in [4.69, 9.17) is 8.92 Å². The number of carbonyl (C=O) groups is 1. The van der Waals surface area contributed by atoms with Crippen molar-refractivity contribution in [2.24, 2.45) is 0 Å². The van der Waals surface area contributed by atoms with Crippen LogP contribution in [-0.4, -0.2) is 30.9 Å². The minimum absolute atomic E-state index is 0.0574. The number of hydrogen-bond acceptors (Lipinski definition) is 5. The van der Waals surface area contributed by atoms with Crippen molar-refractivity contribution in [3.63, 3.8) is 0 Å². The van der Waals surface area contributed by atoms with E-state index in [1.54, 1.807) is 20.8 Å². The monoisotopic (exact) mass is 407 g/mol. The van der Waals surface area contributed by atoms with Crippen LogP contribution in [0.3, 0.4) is 0 Å². The molecule has 0 saturated carbocycles. The van der Waals surface area contributed by atoms with Crippen molar-refractivity contribution in [2.45, 2.75) is 45.6 Å². The van der Waals surface area contributed by atoms with Gasteiger partial charge in [-0.15, -0.1) is 0 Å². The first kappa shape index (κ1) is 21.2. The van der Waals surface area contributed by atoms with Crippen molar-refractivity contribution >= 4 is 27.1 Å². The Hall–Kier alpha value is -2.07. The number of carbonyl (C=O) groups excluding carboxylic acids is 1. The van der Waals surface area contributed by atoms with Crippen molar-refractivity contribution in [1.29, 1.82) is 0 Å². The molecule has 10 heteroatoms. The fourth-order valence-corrected chi connectivity index (χ4v) is 3.16. The fraction of sp³-hybridized carbons (Fsp3) is 0.471. The number of halogens is 3. The van der Waals surface area contributed by atoms with Crippen LogP contribution < -0.4 is 0 Å². The van der Waals surface area contributed by atoms with Gasteiger partial charge in [0.05, 0.1) is 17.3 Å². The third-order valence-corrected chi connectivity index (χ3v) is 4.15. The van der Waals surface area contributed by atoms with Crippen molar-refractivity contribution in [3.8, 4) is 0 Å². The highest BCUT2D eigenvalue weighted by Crippen LogP contribution is 2.35. The molecule has 0 saturated heterocycles. The Balaban J connectivity index is 2.66. The molecule has 0 aliphatic heterocycles. The van der Waals surface area contributed by atoms with Gasteiger partial charge < -0.3 is 4.74 Å². The largest absolute Gasteiger partial charge is 0.443 e. The second kappa shape index (κ2) is 6.83. The molecule has 27 heavy (non-hydrogen) atoms. The third kappa shape index (κ3) is 5.23. The quantitative estimate of drug-likeness (QED) is 0.702. The number of rotatable bonds is 3. The summed E-state index contributed by atoms with van der Waals surface area (Å²) in [5.74, 6) is 0. The van der Waals surface area contributed by atoms with Crippen molar-refractivity contribution in [1.82, 2.24) is 4.57 Å². The molecule has 1 aromatic carbocycles.